The van der Waals surface area contributed by atoms with Gasteiger partial charge in [0.2, 0.25) is 5.95 Å². The Kier molecular flexibility index (Phi) is 3.35. The second kappa shape index (κ2) is 4.59. The van der Waals surface area contributed by atoms with E-state index in [1.807, 2.05) is 17.6 Å². The molecule has 0 amide bonds. The lowest BCUT2D eigenvalue weighted by atomic mass is 10.2. The molecule has 0 radical (unpaired) electrons. The van der Waals surface area contributed by atoms with Gasteiger partial charge >= 0.3 is 0 Å². The van der Waals surface area contributed by atoms with Gasteiger partial charge in [0.25, 0.3) is 0 Å². The van der Waals surface area contributed by atoms with E-state index in [1.54, 1.807) is 6.20 Å². The third kappa shape index (κ3) is 2.30. The van der Waals surface area contributed by atoms with Gasteiger partial charge in [0.05, 0.1) is 12.7 Å². The first-order chi connectivity index (χ1) is 7.58. The van der Waals surface area contributed by atoms with Crippen LogP contribution in [0, 0.1) is 6.92 Å². The van der Waals surface area contributed by atoms with E-state index in [2.05, 4.69) is 49.0 Å². The predicted molar refractivity (Wildman–Crippen MR) is 72.3 cm³/mol. The molecule has 5 heteroatoms. The molecule has 0 saturated carbocycles. The summed E-state index contributed by atoms with van der Waals surface area (Å²) in [7, 11) is 0. The lowest BCUT2D eigenvalue weighted by Gasteiger charge is -2.08. The summed E-state index contributed by atoms with van der Waals surface area (Å²) in [5.41, 5.74) is 8.04. The molecule has 1 aromatic carbocycles. The smallest absolute Gasteiger partial charge is 0.200 e. The standard InChI is InChI=1S/C11H11Br2N3/c1-7-5-15-11(14)16(7)6-8-2-3-9(12)10(13)4-8/h2-5H,6H2,1H3,(H2,14,15). The molecular formula is C11H11Br2N3. The number of hydrogen-bond acceptors (Lipinski definition) is 2. The molecule has 0 spiro atoms. The normalized spacial score (nSPS) is 10.7. The summed E-state index contributed by atoms with van der Waals surface area (Å²) < 4.78 is 4.07. The van der Waals surface area contributed by atoms with Crippen LogP contribution in [-0.2, 0) is 6.54 Å². The highest BCUT2D eigenvalue weighted by Crippen LogP contribution is 2.24. The van der Waals surface area contributed by atoms with Crippen LogP contribution in [0.5, 0.6) is 0 Å². The summed E-state index contributed by atoms with van der Waals surface area (Å²) in [6, 6.07) is 6.15. The molecule has 1 aromatic heterocycles. The molecule has 0 atom stereocenters. The number of halogens is 2. The Morgan fingerprint density at radius 2 is 2.06 bits per heavy atom. The van der Waals surface area contributed by atoms with Gasteiger partial charge in [0, 0.05) is 14.6 Å². The van der Waals surface area contributed by atoms with E-state index < -0.39 is 0 Å². The number of aryl methyl sites for hydroxylation is 1. The summed E-state index contributed by atoms with van der Waals surface area (Å²) in [5.74, 6) is 0.552. The molecule has 2 N–H and O–H groups in total. The number of imidazole rings is 1. The van der Waals surface area contributed by atoms with Crippen molar-refractivity contribution in [3.05, 3.63) is 44.6 Å². The Balaban J connectivity index is 2.31. The van der Waals surface area contributed by atoms with Crippen LogP contribution in [-0.4, -0.2) is 9.55 Å². The van der Waals surface area contributed by atoms with Crippen molar-refractivity contribution in [3.8, 4) is 0 Å². The maximum atomic E-state index is 5.79. The molecule has 3 nitrogen and oxygen atoms in total. The molecule has 0 aliphatic carbocycles. The maximum Gasteiger partial charge on any atom is 0.200 e. The maximum absolute atomic E-state index is 5.79. The number of benzene rings is 1. The summed E-state index contributed by atoms with van der Waals surface area (Å²) in [4.78, 5) is 4.07. The first-order valence-corrected chi connectivity index (χ1v) is 6.38. The van der Waals surface area contributed by atoms with Crippen LogP contribution in [0.25, 0.3) is 0 Å². The third-order valence-corrected chi connectivity index (χ3v) is 4.29. The van der Waals surface area contributed by atoms with Crippen molar-refractivity contribution in [3.63, 3.8) is 0 Å². The van der Waals surface area contributed by atoms with Crippen LogP contribution in [0.1, 0.15) is 11.3 Å². The Bertz CT molecular complexity index is 500. The first kappa shape index (κ1) is 11.7. The van der Waals surface area contributed by atoms with Crippen molar-refractivity contribution in [2.45, 2.75) is 13.5 Å². The van der Waals surface area contributed by atoms with Gasteiger partial charge in [-0.1, -0.05) is 6.07 Å². The van der Waals surface area contributed by atoms with Crippen molar-refractivity contribution >= 4 is 37.8 Å². The summed E-state index contributed by atoms with van der Waals surface area (Å²) in [6.07, 6.45) is 1.78. The minimum atomic E-state index is 0.552. The molecule has 16 heavy (non-hydrogen) atoms. The zero-order valence-corrected chi connectivity index (χ0v) is 11.9. The SMILES string of the molecule is Cc1cnc(N)n1Cc1ccc(Br)c(Br)c1. The van der Waals surface area contributed by atoms with E-state index >= 15 is 0 Å². The zero-order valence-electron chi connectivity index (χ0n) is 8.74. The van der Waals surface area contributed by atoms with Crippen molar-refractivity contribution < 1.29 is 0 Å². The van der Waals surface area contributed by atoms with Gasteiger partial charge in [-0.3, -0.25) is 0 Å². The zero-order chi connectivity index (χ0) is 11.7. The average Bonchev–Trinajstić information content (AvgIpc) is 2.55. The molecule has 2 aromatic rings. The van der Waals surface area contributed by atoms with Gasteiger partial charge in [-0.15, -0.1) is 0 Å². The molecule has 0 aliphatic heterocycles. The molecule has 0 fully saturated rings. The number of aromatic nitrogens is 2. The molecule has 84 valence electrons. The topological polar surface area (TPSA) is 43.8 Å². The third-order valence-electron chi connectivity index (χ3n) is 2.41. The van der Waals surface area contributed by atoms with Crippen LogP contribution < -0.4 is 5.73 Å². The lowest BCUT2D eigenvalue weighted by Crippen LogP contribution is -2.06. The van der Waals surface area contributed by atoms with Gasteiger partial charge in [-0.2, -0.15) is 0 Å². The van der Waals surface area contributed by atoms with E-state index in [4.69, 9.17) is 5.73 Å². The first-order valence-electron chi connectivity index (χ1n) is 4.79. The highest BCUT2D eigenvalue weighted by atomic mass is 79.9. The number of nitrogen functional groups attached to an aromatic ring is 1. The van der Waals surface area contributed by atoms with Crippen LogP contribution in [0.15, 0.2) is 33.3 Å². The Morgan fingerprint density at radius 3 is 2.62 bits per heavy atom. The Labute approximate surface area is 111 Å². The van der Waals surface area contributed by atoms with Gasteiger partial charge in [0.1, 0.15) is 0 Å². The predicted octanol–water partition coefficient (Wildman–Crippen LogP) is 3.35. The van der Waals surface area contributed by atoms with Crippen molar-refractivity contribution in [1.82, 2.24) is 9.55 Å². The van der Waals surface area contributed by atoms with E-state index in [0.29, 0.717) is 5.95 Å². The Morgan fingerprint density at radius 1 is 1.31 bits per heavy atom. The number of nitrogens with zero attached hydrogens (tertiary/aromatic N) is 2. The second-order valence-electron chi connectivity index (χ2n) is 3.59. The molecule has 0 bridgehead atoms. The van der Waals surface area contributed by atoms with Crippen LogP contribution in [0.4, 0.5) is 5.95 Å². The van der Waals surface area contributed by atoms with Gasteiger partial charge in [0.15, 0.2) is 0 Å². The fourth-order valence-electron chi connectivity index (χ4n) is 1.51. The lowest BCUT2D eigenvalue weighted by molar-refractivity contribution is 0.782. The highest BCUT2D eigenvalue weighted by Gasteiger charge is 2.05. The number of nitrogens with two attached hydrogens (primary N) is 1. The van der Waals surface area contributed by atoms with E-state index in [-0.39, 0.29) is 0 Å². The number of anilines is 1. The van der Waals surface area contributed by atoms with Crippen LogP contribution in [0.3, 0.4) is 0 Å². The molecular weight excluding hydrogens is 334 g/mol. The van der Waals surface area contributed by atoms with Crippen LogP contribution in [0.2, 0.25) is 0 Å². The number of rotatable bonds is 2. The largest absolute Gasteiger partial charge is 0.369 e. The van der Waals surface area contributed by atoms with Gasteiger partial charge in [-0.25, -0.2) is 4.98 Å². The van der Waals surface area contributed by atoms with E-state index in [0.717, 1.165) is 21.2 Å². The molecule has 0 unspecified atom stereocenters. The molecule has 1 heterocycles. The summed E-state index contributed by atoms with van der Waals surface area (Å²) >= 11 is 6.93. The number of hydrogen-bond donors (Lipinski definition) is 1. The van der Waals surface area contributed by atoms with E-state index in [1.165, 1.54) is 5.56 Å². The van der Waals surface area contributed by atoms with Crippen molar-refractivity contribution in [1.29, 1.82) is 0 Å². The molecule has 0 aliphatic rings. The van der Waals surface area contributed by atoms with Crippen molar-refractivity contribution in [2.24, 2.45) is 0 Å². The fourth-order valence-corrected chi connectivity index (χ4v) is 2.18. The summed E-state index contributed by atoms with van der Waals surface area (Å²) in [6.45, 7) is 2.74. The molecule has 2 rings (SSSR count). The van der Waals surface area contributed by atoms with E-state index in [9.17, 15) is 0 Å². The Hall–Kier alpha value is -0.810. The van der Waals surface area contributed by atoms with Gasteiger partial charge in [-0.05, 0) is 56.5 Å². The van der Waals surface area contributed by atoms with Crippen LogP contribution >= 0.6 is 31.9 Å². The van der Waals surface area contributed by atoms with Crippen molar-refractivity contribution in [2.75, 3.05) is 5.73 Å². The quantitative estimate of drug-likeness (QED) is 0.907. The minimum Gasteiger partial charge on any atom is -0.369 e. The monoisotopic (exact) mass is 343 g/mol. The average molecular weight is 345 g/mol. The molecule has 0 saturated heterocycles. The summed E-state index contributed by atoms with van der Waals surface area (Å²) in [5, 5.41) is 0. The van der Waals surface area contributed by atoms with Gasteiger partial charge < -0.3 is 10.3 Å². The fraction of sp³-hybridized carbons (Fsp3) is 0.182. The minimum absolute atomic E-state index is 0.552. The second-order valence-corrected chi connectivity index (χ2v) is 5.30. The highest BCUT2D eigenvalue weighted by molar-refractivity contribution is 9.13.